The molecule has 1 amide bonds. The van der Waals surface area contributed by atoms with Gasteiger partial charge in [0.1, 0.15) is 11.9 Å². The molecule has 1 aliphatic heterocycles. The van der Waals surface area contributed by atoms with E-state index in [1.54, 1.807) is 24.1 Å². The number of benzene rings is 3. The van der Waals surface area contributed by atoms with Crippen LogP contribution in [-0.4, -0.2) is 22.8 Å². The lowest BCUT2D eigenvalue weighted by atomic mass is 10.0. The number of halogens is 2. The monoisotopic (exact) mass is 506 g/mol. The second kappa shape index (κ2) is 9.29. The number of aromatic nitrogens is 2. The van der Waals surface area contributed by atoms with Gasteiger partial charge in [-0.15, -0.1) is 0 Å². The number of rotatable bonds is 5. The van der Waals surface area contributed by atoms with E-state index in [1.165, 1.54) is 0 Å². The quantitative estimate of drug-likeness (QED) is 0.329. The smallest absolute Gasteiger partial charge is 0.262 e. The van der Waals surface area contributed by atoms with Crippen LogP contribution in [-0.2, 0) is 6.54 Å². The van der Waals surface area contributed by atoms with E-state index in [4.69, 9.17) is 27.9 Å². The van der Waals surface area contributed by atoms with Gasteiger partial charge in [0.25, 0.3) is 5.91 Å². The summed E-state index contributed by atoms with van der Waals surface area (Å²) < 4.78 is 7.52. The Labute approximate surface area is 214 Å². The summed E-state index contributed by atoms with van der Waals surface area (Å²) in [5, 5.41) is 9.39. The van der Waals surface area contributed by atoms with Crippen LogP contribution in [0.3, 0.4) is 0 Å². The van der Waals surface area contributed by atoms with Gasteiger partial charge in [0.05, 0.1) is 35.6 Å². The maximum Gasteiger partial charge on any atom is 0.262 e. The van der Waals surface area contributed by atoms with E-state index in [0.29, 0.717) is 22.2 Å². The minimum Gasteiger partial charge on any atom is -0.496 e. The van der Waals surface area contributed by atoms with E-state index in [2.05, 4.69) is 10.4 Å². The summed E-state index contributed by atoms with van der Waals surface area (Å²) in [6, 6.07) is 20.7. The third-order valence-electron chi connectivity index (χ3n) is 6.26. The minimum atomic E-state index is -0.438. The third-order valence-corrected chi connectivity index (χ3v) is 7.06. The van der Waals surface area contributed by atoms with Crippen molar-refractivity contribution in [3.05, 3.63) is 105 Å². The van der Waals surface area contributed by atoms with Crippen LogP contribution in [0.2, 0.25) is 10.0 Å². The van der Waals surface area contributed by atoms with Gasteiger partial charge in [0, 0.05) is 22.0 Å². The number of amides is 1. The van der Waals surface area contributed by atoms with Gasteiger partial charge in [-0.05, 0) is 67.9 Å². The Kier molecular flexibility index (Phi) is 6.17. The van der Waals surface area contributed by atoms with Crippen LogP contribution < -0.4 is 15.0 Å². The first-order chi connectivity index (χ1) is 16.9. The highest BCUT2D eigenvalue weighted by atomic mass is 35.5. The summed E-state index contributed by atoms with van der Waals surface area (Å²) in [4.78, 5) is 15.4. The fourth-order valence-corrected chi connectivity index (χ4v) is 4.70. The summed E-state index contributed by atoms with van der Waals surface area (Å²) >= 11 is 12.5. The van der Waals surface area contributed by atoms with E-state index in [0.717, 1.165) is 39.6 Å². The first-order valence-electron chi connectivity index (χ1n) is 11.2. The van der Waals surface area contributed by atoms with Crippen molar-refractivity contribution >= 4 is 40.5 Å². The van der Waals surface area contributed by atoms with Crippen LogP contribution in [0.25, 0.3) is 0 Å². The topological polar surface area (TPSA) is 59.4 Å². The summed E-state index contributed by atoms with van der Waals surface area (Å²) in [7, 11) is 1.64. The molecule has 1 aromatic heterocycles. The molecule has 3 aromatic carbocycles. The fraction of sp³-hybridized carbons (Fsp3) is 0.185. The highest BCUT2D eigenvalue weighted by Crippen LogP contribution is 2.38. The molecular formula is C27H24Cl2N4O2. The predicted molar refractivity (Wildman–Crippen MR) is 140 cm³/mol. The number of nitrogens with zero attached hydrogens (tertiary/aromatic N) is 3. The molecule has 1 N–H and O–H groups in total. The zero-order valence-corrected chi connectivity index (χ0v) is 21.1. The lowest BCUT2D eigenvalue weighted by Gasteiger charge is -2.38. The molecule has 0 saturated heterocycles. The van der Waals surface area contributed by atoms with Crippen LogP contribution >= 0.6 is 23.2 Å². The number of aryl methyl sites for hydroxylation is 1. The Hall–Kier alpha value is -3.48. The molecule has 0 fully saturated rings. The van der Waals surface area contributed by atoms with E-state index < -0.39 is 6.17 Å². The molecule has 0 radical (unpaired) electrons. The van der Waals surface area contributed by atoms with Gasteiger partial charge in [-0.25, -0.2) is 0 Å². The number of para-hydroxylation sites is 1. The molecule has 6 nitrogen and oxygen atoms in total. The molecule has 8 heteroatoms. The van der Waals surface area contributed by atoms with Gasteiger partial charge in [-0.1, -0.05) is 41.4 Å². The van der Waals surface area contributed by atoms with Crippen molar-refractivity contribution in [2.45, 2.75) is 26.6 Å². The van der Waals surface area contributed by atoms with E-state index >= 15 is 0 Å². The molecule has 0 saturated carbocycles. The molecule has 178 valence electrons. The number of carbonyl (C=O) groups excluding carboxylic acids is 1. The van der Waals surface area contributed by atoms with E-state index in [9.17, 15) is 4.79 Å². The summed E-state index contributed by atoms with van der Waals surface area (Å²) in [5.41, 5.74) is 5.65. The lowest BCUT2D eigenvalue weighted by Crippen LogP contribution is -2.43. The van der Waals surface area contributed by atoms with Gasteiger partial charge < -0.3 is 10.1 Å². The van der Waals surface area contributed by atoms with E-state index in [-0.39, 0.29) is 5.91 Å². The number of hydrogen-bond donors (Lipinski definition) is 1. The zero-order chi connectivity index (χ0) is 24.7. The highest BCUT2D eigenvalue weighted by Gasteiger charge is 2.34. The Balaban J connectivity index is 1.60. The average molecular weight is 507 g/mol. The maximum atomic E-state index is 13.7. The first kappa shape index (κ1) is 23.3. The molecule has 2 heterocycles. The molecule has 5 rings (SSSR count). The number of fused-ring (bicyclic) bond motifs is 1. The van der Waals surface area contributed by atoms with Gasteiger partial charge in [-0.3, -0.25) is 14.4 Å². The highest BCUT2D eigenvalue weighted by molar-refractivity contribution is 6.31. The minimum absolute atomic E-state index is 0.0885. The number of methoxy groups -OCH3 is 1. The molecule has 1 unspecified atom stereocenters. The lowest BCUT2D eigenvalue weighted by molar-refractivity contribution is 0.0975. The summed E-state index contributed by atoms with van der Waals surface area (Å²) in [6.45, 7) is 4.31. The van der Waals surface area contributed by atoms with Crippen molar-refractivity contribution in [2.24, 2.45) is 0 Å². The van der Waals surface area contributed by atoms with E-state index in [1.807, 2.05) is 73.1 Å². The van der Waals surface area contributed by atoms with Gasteiger partial charge in [-0.2, -0.15) is 5.10 Å². The predicted octanol–water partition coefficient (Wildman–Crippen LogP) is 6.63. The van der Waals surface area contributed by atoms with Crippen LogP contribution in [0.4, 0.5) is 11.4 Å². The average Bonchev–Trinajstić information content (AvgIpc) is 3.11. The van der Waals surface area contributed by atoms with Crippen LogP contribution in [0.5, 0.6) is 5.75 Å². The molecule has 1 atom stereocenters. The van der Waals surface area contributed by atoms with Gasteiger partial charge in [0.2, 0.25) is 0 Å². The molecule has 1 aliphatic rings. The number of nitrogens with one attached hydrogen (secondary N) is 1. The number of hydrogen-bond acceptors (Lipinski definition) is 4. The first-order valence-corrected chi connectivity index (χ1v) is 11.9. The Bertz CT molecular complexity index is 1420. The van der Waals surface area contributed by atoms with Crippen LogP contribution in [0, 0.1) is 13.8 Å². The van der Waals surface area contributed by atoms with Gasteiger partial charge >= 0.3 is 0 Å². The molecule has 0 bridgehead atoms. The van der Waals surface area contributed by atoms with Crippen molar-refractivity contribution in [2.75, 3.05) is 17.3 Å². The Morgan fingerprint density at radius 2 is 1.77 bits per heavy atom. The molecular weight excluding hydrogens is 483 g/mol. The summed E-state index contributed by atoms with van der Waals surface area (Å²) in [5.74, 6) is 0.646. The number of anilines is 2. The van der Waals surface area contributed by atoms with Crippen molar-refractivity contribution in [3.63, 3.8) is 0 Å². The molecule has 0 spiro atoms. The zero-order valence-electron chi connectivity index (χ0n) is 19.5. The van der Waals surface area contributed by atoms with Gasteiger partial charge in [0.15, 0.2) is 0 Å². The van der Waals surface area contributed by atoms with Crippen molar-refractivity contribution in [1.29, 1.82) is 0 Å². The second-order valence-electron chi connectivity index (χ2n) is 8.46. The largest absolute Gasteiger partial charge is 0.496 e. The van der Waals surface area contributed by atoms with Crippen molar-refractivity contribution in [3.8, 4) is 5.75 Å². The fourth-order valence-electron chi connectivity index (χ4n) is 4.44. The Morgan fingerprint density at radius 1 is 1.03 bits per heavy atom. The molecule has 4 aromatic rings. The van der Waals surface area contributed by atoms with Crippen LogP contribution in [0.15, 0.2) is 66.7 Å². The Morgan fingerprint density at radius 3 is 2.46 bits per heavy atom. The number of carbonyl (C=O) groups is 1. The normalized spacial score (nSPS) is 15.1. The molecule has 0 aliphatic carbocycles. The van der Waals surface area contributed by atoms with Crippen LogP contribution in [0.1, 0.15) is 39.0 Å². The maximum absolute atomic E-state index is 13.7. The number of ether oxygens (including phenoxy) is 1. The standard InChI is InChI=1S/C27H24Cl2N4O2/c1-16-25(29)17(2)32(31-16)15-19-14-18(8-13-24(19)35-3)26-30-23-7-5-4-6-22(23)27(34)33(26)21-11-9-20(28)10-12-21/h4-14,26,30H,15H2,1-3H3. The second-order valence-corrected chi connectivity index (χ2v) is 9.27. The third kappa shape index (κ3) is 4.24. The van der Waals surface area contributed by atoms with Crippen molar-refractivity contribution in [1.82, 2.24) is 9.78 Å². The summed E-state index contributed by atoms with van der Waals surface area (Å²) in [6.07, 6.45) is -0.438. The molecule has 35 heavy (non-hydrogen) atoms. The SMILES string of the molecule is COc1ccc(C2Nc3ccccc3C(=O)N2c2ccc(Cl)cc2)cc1Cn1nc(C)c(Cl)c1C. The van der Waals surface area contributed by atoms with Crippen molar-refractivity contribution < 1.29 is 9.53 Å².